The second-order valence-electron chi connectivity index (χ2n) is 6.23. The first-order valence-electron chi connectivity index (χ1n) is 8.80. The number of carboxylic acids is 1. The van der Waals surface area contributed by atoms with Crippen LogP contribution in [-0.2, 0) is 0 Å². The third-order valence-electron chi connectivity index (χ3n) is 4.53. The highest BCUT2D eigenvalue weighted by Gasteiger charge is 2.16. The van der Waals surface area contributed by atoms with Crippen molar-refractivity contribution in [2.75, 3.05) is 0 Å². The Morgan fingerprint density at radius 1 is 1.13 bits per heavy atom. The predicted octanol–water partition coefficient (Wildman–Crippen LogP) is 5.79. The standard InChI is InChI=1S/C20H27NO2/c1-3-5-6-7-8-11-15(4-2)19-14-17(20(22)23)16-12-9-10-13-18(16)21-19/h9-10,12-15H,3-8,11H2,1-2H3,(H,22,23). The summed E-state index contributed by atoms with van der Waals surface area (Å²) >= 11 is 0. The van der Waals surface area contributed by atoms with Crippen molar-refractivity contribution in [3.05, 3.63) is 41.6 Å². The summed E-state index contributed by atoms with van der Waals surface area (Å²) in [5.41, 5.74) is 2.08. The van der Waals surface area contributed by atoms with Gasteiger partial charge in [-0.2, -0.15) is 0 Å². The molecule has 124 valence electrons. The molecule has 23 heavy (non-hydrogen) atoms. The lowest BCUT2D eigenvalue weighted by atomic mass is 9.92. The number of carbonyl (C=O) groups is 1. The Hall–Kier alpha value is -1.90. The van der Waals surface area contributed by atoms with E-state index in [1.807, 2.05) is 24.3 Å². The summed E-state index contributed by atoms with van der Waals surface area (Å²) in [5, 5.41) is 10.2. The van der Waals surface area contributed by atoms with Gasteiger partial charge >= 0.3 is 5.97 Å². The van der Waals surface area contributed by atoms with E-state index >= 15 is 0 Å². The summed E-state index contributed by atoms with van der Waals surface area (Å²) in [5.74, 6) is -0.526. The Labute approximate surface area is 138 Å². The fourth-order valence-corrected chi connectivity index (χ4v) is 3.14. The number of para-hydroxylation sites is 1. The molecule has 3 heteroatoms. The van der Waals surface area contributed by atoms with E-state index < -0.39 is 5.97 Å². The quantitative estimate of drug-likeness (QED) is 0.596. The number of benzene rings is 1. The number of aromatic carboxylic acids is 1. The number of hydrogen-bond donors (Lipinski definition) is 1. The average molecular weight is 313 g/mol. The van der Waals surface area contributed by atoms with Gasteiger partial charge in [0.15, 0.2) is 0 Å². The van der Waals surface area contributed by atoms with Crippen LogP contribution in [0.3, 0.4) is 0 Å². The van der Waals surface area contributed by atoms with Crippen LogP contribution in [0.4, 0.5) is 0 Å². The van der Waals surface area contributed by atoms with Crippen LogP contribution < -0.4 is 0 Å². The highest BCUT2D eigenvalue weighted by molar-refractivity contribution is 6.02. The van der Waals surface area contributed by atoms with Crippen molar-refractivity contribution in [2.45, 2.75) is 64.7 Å². The Kier molecular flexibility index (Phi) is 6.57. The van der Waals surface area contributed by atoms with Crippen LogP contribution in [0.15, 0.2) is 30.3 Å². The smallest absolute Gasteiger partial charge is 0.336 e. The predicted molar refractivity (Wildman–Crippen MR) is 95.1 cm³/mol. The lowest BCUT2D eigenvalue weighted by Gasteiger charge is -2.16. The topological polar surface area (TPSA) is 50.2 Å². The van der Waals surface area contributed by atoms with Crippen LogP contribution >= 0.6 is 0 Å². The summed E-state index contributed by atoms with van der Waals surface area (Å²) in [7, 11) is 0. The monoisotopic (exact) mass is 313 g/mol. The molecule has 0 aliphatic rings. The molecule has 1 unspecified atom stereocenters. The van der Waals surface area contributed by atoms with Gasteiger partial charge in [0, 0.05) is 17.0 Å². The molecule has 1 aromatic carbocycles. The minimum Gasteiger partial charge on any atom is -0.478 e. The van der Waals surface area contributed by atoms with Crippen LogP contribution in [0.1, 0.15) is 80.8 Å². The lowest BCUT2D eigenvalue weighted by molar-refractivity contribution is 0.0699. The van der Waals surface area contributed by atoms with E-state index in [0.29, 0.717) is 11.5 Å². The molecule has 1 atom stereocenters. The Morgan fingerprint density at radius 3 is 2.57 bits per heavy atom. The van der Waals surface area contributed by atoms with Crippen LogP contribution in [0.2, 0.25) is 0 Å². The van der Waals surface area contributed by atoms with E-state index in [2.05, 4.69) is 13.8 Å². The molecule has 0 aliphatic carbocycles. The maximum Gasteiger partial charge on any atom is 0.336 e. The van der Waals surface area contributed by atoms with Crippen molar-refractivity contribution in [3.63, 3.8) is 0 Å². The molecule has 0 radical (unpaired) electrons. The molecule has 2 aromatic rings. The maximum absolute atomic E-state index is 11.6. The fraction of sp³-hybridized carbons (Fsp3) is 0.500. The lowest BCUT2D eigenvalue weighted by Crippen LogP contribution is -2.06. The van der Waals surface area contributed by atoms with Crippen LogP contribution in [0, 0.1) is 0 Å². The molecule has 0 amide bonds. The van der Waals surface area contributed by atoms with E-state index in [9.17, 15) is 9.90 Å². The van der Waals surface area contributed by atoms with E-state index in [1.165, 1.54) is 32.1 Å². The van der Waals surface area contributed by atoms with Crippen molar-refractivity contribution >= 4 is 16.9 Å². The molecule has 3 nitrogen and oxygen atoms in total. The van der Waals surface area contributed by atoms with Gasteiger partial charge in [0.2, 0.25) is 0 Å². The maximum atomic E-state index is 11.6. The zero-order valence-electron chi connectivity index (χ0n) is 14.2. The summed E-state index contributed by atoms with van der Waals surface area (Å²) < 4.78 is 0. The Bertz CT molecular complexity index is 651. The molecule has 0 spiro atoms. The molecular weight excluding hydrogens is 286 g/mol. The highest BCUT2D eigenvalue weighted by atomic mass is 16.4. The molecule has 1 heterocycles. The van der Waals surface area contributed by atoms with Gasteiger partial charge in [-0.3, -0.25) is 4.98 Å². The second-order valence-corrected chi connectivity index (χ2v) is 6.23. The van der Waals surface area contributed by atoms with Gasteiger partial charge in [-0.1, -0.05) is 64.2 Å². The van der Waals surface area contributed by atoms with Gasteiger partial charge in [-0.25, -0.2) is 4.79 Å². The molecule has 1 aromatic heterocycles. The van der Waals surface area contributed by atoms with E-state index in [4.69, 9.17) is 4.98 Å². The molecule has 2 rings (SSSR count). The number of carboxylic acid groups (broad SMARTS) is 1. The molecule has 1 N–H and O–H groups in total. The first-order chi connectivity index (χ1) is 11.2. The second kappa shape index (κ2) is 8.66. The third kappa shape index (κ3) is 4.54. The zero-order valence-corrected chi connectivity index (χ0v) is 14.2. The Balaban J connectivity index is 2.21. The normalized spacial score (nSPS) is 12.4. The van der Waals surface area contributed by atoms with Gasteiger partial charge < -0.3 is 5.11 Å². The highest BCUT2D eigenvalue weighted by Crippen LogP contribution is 2.28. The van der Waals surface area contributed by atoms with Gasteiger partial charge in [-0.15, -0.1) is 0 Å². The van der Waals surface area contributed by atoms with Crippen molar-refractivity contribution in [1.29, 1.82) is 0 Å². The molecule has 0 saturated heterocycles. The van der Waals surface area contributed by atoms with E-state index in [1.54, 1.807) is 6.07 Å². The zero-order chi connectivity index (χ0) is 16.7. The van der Waals surface area contributed by atoms with Crippen molar-refractivity contribution in [1.82, 2.24) is 4.98 Å². The van der Waals surface area contributed by atoms with E-state index in [-0.39, 0.29) is 0 Å². The minimum absolute atomic E-state index is 0.347. The molecule has 0 saturated carbocycles. The first kappa shape index (κ1) is 17.5. The summed E-state index contributed by atoms with van der Waals surface area (Å²) in [6.45, 7) is 4.38. The summed E-state index contributed by atoms with van der Waals surface area (Å²) in [6, 6.07) is 9.29. The molecule has 0 aliphatic heterocycles. The van der Waals surface area contributed by atoms with Crippen LogP contribution in [-0.4, -0.2) is 16.1 Å². The SMILES string of the molecule is CCCCCCCC(CC)c1cc(C(=O)O)c2ccccc2n1. The van der Waals surface area contributed by atoms with Crippen LogP contribution in [0.25, 0.3) is 10.9 Å². The number of pyridine rings is 1. The number of nitrogens with zero attached hydrogens (tertiary/aromatic N) is 1. The minimum atomic E-state index is -0.873. The van der Waals surface area contributed by atoms with Gasteiger partial charge in [0.1, 0.15) is 0 Å². The number of aromatic nitrogens is 1. The van der Waals surface area contributed by atoms with E-state index in [0.717, 1.165) is 29.4 Å². The molecule has 0 bridgehead atoms. The summed E-state index contributed by atoms with van der Waals surface area (Å²) in [4.78, 5) is 16.3. The Morgan fingerprint density at radius 2 is 1.87 bits per heavy atom. The van der Waals surface area contributed by atoms with Gasteiger partial charge in [0.05, 0.1) is 11.1 Å². The molecule has 0 fully saturated rings. The third-order valence-corrected chi connectivity index (χ3v) is 4.53. The number of rotatable bonds is 9. The molecular formula is C20H27NO2. The van der Waals surface area contributed by atoms with Gasteiger partial charge in [0.25, 0.3) is 0 Å². The first-order valence-corrected chi connectivity index (χ1v) is 8.80. The van der Waals surface area contributed by atoms with Gasteiger partial charge in [-0.05, 0) is 25.0 Å². The van der Waals surface area contributed by atoms with Crippen molar-refractivity contribution < 1.29 is 9.90 Å². The van der Waals surface area contributed by atoms with Crippen molar-refractivity contribution in [3.8, 4) is 0 Å². The number of hydrogen-bond acceptors (Lipinski definition) is 2. The largest absolute Gasteiger partial charge is 0.478 e. The average Bonchev–Trinajstić information content (AvgIpc) is 2.57. The fourth-order valence-electron chi connectivity index (χ4n) is 3.14. The van der Waals surface area contributed by atoms with Crippen molar-refractivity contribution in [2.24, 2.45) is 0 Å². The summed E-state index contributed by atoms with van der Waals surface area (Å²) in [6.07, 6.45) is 8.37. The number of unbranched alkanes of at least 4 members (excludes halogenated alkanes) is 4. The number of fused-ring (bicyclic) bond motifs is 1. The van der Waals surface area contributed by atoms with Crippen LogP contribution in [0.5, 0.6) is 0 Å².